The van der Waals surface area contributed by atoms with E-state index in [1.807, 2.05) is 0 Å². The van der Waals surface area contributed by atoms with Crippen molar-refractivity contribution in [1.82, 2.24) is 0 Å². The highest BCUT2D eigenvalue weighted by atomic mass is 32.2. The van der Waals surface area contributed by atoms with Gasteiger partial charge in [0, 0.05) is 11.6 Å². The van der Waals surface area contributed by atoms with Crippen molar-refractivity contribution < 1.29 is 18.3 Å². The summed E-state index contributed by atoms with van der Waals surface area (Å²) in [5.41, 5.74) is -1.01. The zero-order chi connectivity index (χ0) is 15.7. The fourth-order valence-corrected chi connectivity index (χ4v) is 1.87. The van der Waals surface area contributed by atoms with Crippen LogP contribution in [0.4, 0.5) is 14.5 Å². The number of hydrogen-bond acceptors (Lipinski definition) is 4. The molecule has 8 heteroatoms. The highest BCUT2D eigenvalue weighted by Crippen LogP contribution is 2.23. The van der Waals surface area contributed by atoms with Gasteiger partial charge in [-0.2, -0.15) is 0 Å². The molecular formula is C12H14F2N2O3S. The van der Waals surface area contributed by atoms with E-state index in [-0.39, 0.29) is 11.3 Å². The summed E-state index contributed by atoms with van der Waals surface area (Å²) < 4.78 is 41.9. The highest BCUT2D eigenvalue weighted by Gasteiger charge is 2.28. The first kappa shape index (κ1) is 16.5. The third kappa shape index (κ3) is 3.73. The molecule has 5 nitrogen and oxygen atoms in total. The van der Waals surface area contributed by atoms with E-state index < -0.39 is 38.4 Å². The Morgan fingerprint density at radius 1 is 1.35 bits per heavy atom. The van der Waals surface area contributed by atoms with E-state index in [1.54, 1.807) is 20.8 Å². The van der Waals surface area contributed by atoms with E-state index in [9.17, 15) is 23.4 Å². The van der Waals surface area contributed by atoms with Gasteiger partial charge in [0.15, 0.2) is 11.6 Å². The molecule has 20 heavy (non-hydrogen) atoms. The van der Waals surface area contributed by atoms with E-state index in [4.69, 9.17) is 0 Å². The van der Waals surface area contributed by atoms with E-state index in [0.29, 0.717) is 6.07 Å². The number of nitro groups is 1. The summed E-state index contributed by atoms with van der Waals surface area (Å²) in [6.45, 7) is 6.34. The Morgan fingerprint density at radius 3 is 2.35 bits per heavy atom. The summed E-state index contributed by atoms with van der Waals surface area (Å²) in [6.07, 6.45) is 0. The molecule has 1 rings (SSSR count). The van der Waals surface area contributed by atoms with Crippen LogP contribution in [-0.2, 0) is 11.4 Å². The fourth-order valence-electron chi connectivity index (χ4n) is 1.25. The van der Waals surface area contributed by atoms with Crippen LogP contribution in [0.25, 0.3) is 0 Å². The fraction of sp³-hybridized carbons (Fsp3) is 0.417. The van der Waals surface area contributed by atoms with Gasteiger partial charge in [-0.25, -0.2) is 8.78 Å². The average Bonchev–Trinajstić information content (AvgIpc) is 2.30. The Bertz CT molecular complexity index is 571. The molecule has 110 valence electrons. The first-order valence-electron chi connectivity index (χ1n) is 5.65. The van der Waals surface area contributed by atoms with Crippen molar-refractivity contribution >= 4 is 22.8 Å². The number of hydrogen-bond donors (Lipinski definition) is 0. The van der Waals surface area contributed by atoms with Gasteiger partial charge in [0.1, 0.15) is 16.1 Å². The number of rotatable bonds is 3. The predicted molar refractivity (Wildman–Crippen MR) is 73.1 cm³/mol. The van der Waals surface area contributed by atoms with Crippen molar-refractivity contribution in [2.24, 2.45) is 4.40 Å². The monoisotopic (exact) mass is 304 g/mol. The Labute approximate surface area is 118 Å². The molecule has 0 aromatic heterocycles. The van der Waals surface area contributed by atoms with Crippen LogP contribution >= 0.6 is 0 Å². The second kappa shape index (κ2) is 5.84. The Hall–Kier alpha value is -1.54. The van der Waals surface area contributed by atoms with E-state index in [1.165, 1.54) is 6.92 Å². The summed E-state index contributed by atoms with van der Waals surface area (Å²) >= 11 is -1.67. The molecule has 1 aromatic carbocycles. The second-order valence-corrected chi connectivity index (χ2v) is 6.99. The highest BCUT2D eigenvalue weighted by molar-refractivity contribution is 7.91. The lowest BCUT2D eigenvalue weighted by molar-refractivity contribution is -0.385. The quantitative estimate of drug-likeness (QED) is 0.372. The number of benzene rings is 1. The van der Waals surface area contributed by atoms with Crippen LogP contribution in [0.3, 0.4) is 0 Å². The summed E-state index contributed by atoms with van der Waals surface area (Å²) in [5.74, 6) is -2.59. The van der Waals surface area contributed by atoms with Crippen LogP contribution < -0.4 is 0 Å². The molecule has 0 amide bonds. The maximum Gasteiger partial charge on any atom is 0.273 e. The van der Waals surface area contributed by atoms with Crippen LogP contribution in [0.5, 0.6) is 0 Å². The van der Waals surface area contributed by atoms with Gasteiger partial charge in [-0.1, -0.05) is 4.40 Å². The lowest BCUT2D eigenvalue weighted by Gasteiger charge is -2.18. The van der Waals surface area contributed by atoms with Crippen LogP contribution in [0.2, 0.25) is 0 Å². The Balaban J connectivity index is 3.32. The minimum Gasteiger partial charge on any atom is -0.591 e. The molecule has 0 saturated carbocycles. The smallest absolute Gasteiger partial charge is 0.273 e. The predicted octanol–water partition coefficient (Wildman–Crippen LogP) is 3.14. The van der Waals surface area contributed by atoms with Gasteiger partial charge in [0.05, 0.1) is 16.7 Å². The van der Waals surface area contributed by atoms with Crippen LogP contribution in [0, 0.1) is 21.7 Å². The molecule has 0 saturated heterocycles. The van der Waals surface area contributed by atoms with E-state index >= 15 is 0 Å². The first-order valence-corrected chi connectivity index (χ1v) is 6.76. The standard InChI is InChI=1S/C12H14F2N2O3S/c1-7(15-20(19)12(2,3)4)9-5-8(16(17)18)6-10(13)11(9)14/h5-6H,1-4H3. The molecule has 0 bridgehead atoms. The van der Waals surface area contributed by atoms with Gasteiger partial charge in [0.25, 0.3) is 5.69 Å². The normalized spacial score (nSPS) is 14.2. The van der Waals surface area contributed by atoms with Crippen LogP contribution in [0.1, 0.15) is 33.3 Å². The lowest BCUT2D eigenvalue weighted by atomic mass is 10.1. The second-order valence-electron chi connectivity index (χ2n) is 5.08. The minimum absolute atomic E-state index is 0.0571. The van der Waals surface area contributed by atoms with Gasteiger partial charge in [-0.3, -0.25) is 10.1 Å². The Morgan fingerprint density at radius 2 is 1.90 bits per heavy atom. The third-order valence-corrected chi connectivity index (χ3v) is 3.84. The number of halogens is 2. The molecule has 0 aliphatic heterocycles. The van der Waals surface area contributed by atoms with E-state index in [2.05, 4.69) is 4.40 Å². The first-order chi connectivity index (χ1) is 9.04. The molecule has 0 N–H and O–H groups in total. The summed E-state index contributed by atoms with van der Waals surface area (Å²) in [7, 11) is 0. The van der Waals surface area contributed by atoms with Gasteiger partial charge in [-0.05, 0) is 27.7 Å². The van der Waals surface area contributed by atoms with E-state index in [0.717, 1.165) is 6.07 Å². The van der Waals surface area contributed by atoms with Crippen molar-refractivity contribution in [2.45, 2.75) is 32.4 Å². The molecule has 0 radical (unpaired) electrons. The number of non-ortho nitro benzene ring substituents is 1. The molecule has 0 spiro atoms. The zero-order valence-corrected chi connectivity index (χ0v) is 12.3. The topological polar surface area (TPSA) is 78.6 Å². The zero-order valence-electron chi connectivity index (χ0n) is 11.4. The minimum atomic E-state index is -1.67. The SMILES string of the molecule is CC(=N[S+]([O-])C(C)(C)C)c1cc([N+](=O)[O-])cc(F)c1F. The van der Waals surface area contributed by atoms with Gasteiger partial charge in [0.2, 0.25) is 0 Å². The van der Waals surface area contributed by atoms with Gasteiger partial charge < -0.3 is 4.55 Å². The van der Waals surface area contributed by atoms with Crippen molar-refractivity contribution in [3.8, 4) is 0 Å². The van der Waals surface area contributed by atoms with Crippen molar-refractivity contribution in [1.29, 1.82) is 0 Å². The van der Waals surface area contributed by atoms with Crippen LogP contribution in [0.15, 0.2) is 16.5 Å². The van der Waals surface area contributed by atoms with Crippen LogP contribution in [-0.4, -0.2) is 19.9 Å². The van der Waals surface area contributed by atoms with Gasteiger partial charge in [-0.15, -0.1) is 0 Å². The maximum absolute atomic E-state index is 13.7. The third-order valence-electron chi connectivity index (χ3n) is 2.36. The molecular weight excluding hydrogens is 290 g/mol. The molecule has 0 aliphatic rings. The lowest BCUT2D eigenvalue weighted by Crippen LogP contribution is -2.26. The summed E-state index contributed by atoms with van der Waals surface area (Å²) in [6, 6.07) is 1.37. The number of nitrogens with zero attached hydrogens (tertiary/aromatic N) is 2. The largest absolute Gasteiger partial charge is 0.591 e. The molecule has 1 atom stereocenters. The van der Waals surface area contributed by atoms with Crippen molar-refractivity contribution in [3.63, 3.8) is 0 Å². The van der Waals surface area contributed by atoms with Crippen molar-refractivity contribution in [2.75, 3.05) is 0 Å². The molecule has 1 unspecified atom stereocenters. The molecule has 1 aromatic rings. The summed E-state index contributed by atoms with van der Waals surface area (Å²) in [4.78, 5) is 9.80. The van der Waals surface area contributed by atoms with Crippen molar-refractivity contribution in [3.05, 3.63) is 39.4 Å². The Kier molecular flexibility index (Phi) is 4.82. The summed E-state index contributed by atoms with van der Waals surface area (Å²) in [5, 5.41) is 10.6. The molecule has 0 aliphatic carbocycles. The molecule has 0 heterocycles. The molecule has 0 fully saturated rings. The number of nitro benzene ring substituents is 1. The van der Waals surface area contributed by atoms with Gasteiger partial charge >= 0.3 is 0 Å². The average molecular weight is 304 g/mol. The maximum atomic E-state index is 13.7.